The lowest BCUT2D eigenvalue weighted by Crippen LogP contribution is -2.31. The fourth-order valence-electron chi connectivity index (χ4n) is 2.05. The summed E-state index contributed by atoms with van der Waals surface area (Å²) in [4.78, 5) is 0. The van der Waals surface area contributed by atoms with Crippen molar-refractivity contribution in [3.8, 4) is 0 Å². The zero-order chi connectivity index (χ0) is 8.93. The van der Waals surface area contributed by atoms with Crippen LogP contribution in [0.15, 0.2) is 36.6 Å². The lowest BCUT2D eigenvalue weighted by atomic mass is 9.90. The number of hydrogen-bond acceptors (Lipinski definition) is 1. The molecule has 1 aliphatic heterocycles. The summed E-state index contributed by atoms with van der Waals surface area (Å²) in [5, 5.41) is 3.49. The Labute approximate surface area is 80.2 Å². The molecule has 2 rings (SSSR count). The van der Waals surface area contributed by atoms with E-state index in [1.165, 1.54) is 25.7 Å². The van der Waals surface area contributed by atoms with E-state index in [1.807, 2.05) is 0 Å². The minimum absolute atomic E-state index is 0.653. The van der Waals surface area contributed by atoms with Crippen molar-refractivity contribution in [3.63, 3.8) is 0 Å². The molecule has 1 N–H and O–H groups in total. The molecule has 0 saturated carbocycles. The summed E-state index contributed by atoms with van der Waals surface area (Å²) >= 11 is 0. The molecule has 0 amide bonds. The normalized spacial score (nSPS) is 32.6. The maximum atomic E-state index is 3.49. The van der Waals surface area contributed by atoms with E-state index >= 15 is 0 Å². The van der Waals surface area contributed by atoms with Crippen LogP contribution in [0.1, 0.15) is 25.7 Å². The quantitative estimate of drug-likeness (QED) is 0.646. The van der Waals surface area contributed by atoms with Gasteiger partial charge in [-0.3, -0.25) is 0 Å². The Kier molecular flexibility index (Phi) is 2.86. The van der Waals surface area contributed by atoms with Gasteiger partial charge in [0.05, 0.1) is 0 Å². The highest BCUT2D eigenvalue weighted by molar-refractivity contribution is 5.13. The Hall–Kier alpha value is -0.980. The highest BCUT2D eigenvalue weighted by Gasteiger charge is 2.18. The van der Waals surface area contributed by atoms with Gasteiger partial charge in [0.15, 0.2) is 0 Å². The first-order valence-corrected chi connectivity index (χ1v) is 5.21. The first kappa shape index (κ1) is 8.61. The molecule has 0 saturated heterocycles. The lowest BCUT2D eigenvalue weighted by molar-refractivity contribution is 0.423. The van der Waals surface area contributed by atoms with E-state index in [2.05, 4.69) is 41.9 Å². The van der Waals surface area contributed by atoms with Crippen molar-refractivity contribution >= 4 is 0 Å². The van der Waals surface area contributed by atoms with Gasteiger partial charge < -0.3 is 5.32 Å². The van der Waals surface area contributed by atoms with Crippen LogP contribution in [0.3, 0.4) is 0 Å². The standard InChI is InChI=1S/C12H17N/c1-3-7-11(8-4-1)12-9-5-2-6-10-13-12/h1,3-4,6-7,10-13H,2,5,8-9H2. The Bertz CT molecular complexity index is 238. The average molecular weight is 175 g/mol. The molecule has 1 heteroatoms. The highest BCUT2D eigenvalue weighted by Crippen LogP contribution is 2.21. The van der Waals surface area contributed by atoms with Gasteiger partial charge in [0, 0.05) is 12.0 Å². The van der Waals surface area contributed by atoms with Crippen molar-refractivity contribution in [2.24, 2.45) is 5.92 Å². The number of allylic oxidation sites excluding steroid dienone is 4. The number of rotatable bonds is 1. The summed E-state index contributed by atoms with van der Waals surface area (Å²) < 4.78 is 0. The van der Waals surface area contributed by atoms with Gasteiger partial charge in [-0.15, -0.1) is 0 Å². The van der Waals surface area contributed by atoms with Gasteiger partial charge in [-0.2, -0.15) is 0 Å². The molecule has 0 bridgehead atoms. The molecule has 0 aromatic rings. The molecule has 1 aliphatic carbocycles. The van der Waals surface area contributed by atoms with Crippen LogP contribution < -0.4 is 5.32 Å². The van der Waals surface area contributed by atoms with Crippen LogP contribution in [0.25, 0.3) is 0 Å². The minimum Gasteiger partial charge on any atom is -0.388 e. The van der Waals surface area contributed by atoms with Crippen LogP contribution in [0.4, 0.5) is 0 Å². The summed E-state index contributed by atoms with van der Waals surface area (Å²) in [7, 11) is 0. The van der Waals surface area contributed by atoms with Gasteiger partial charge in [0.2, 0.25) is 0 Å². The largest absolute Gasteiger partial charge is 0.388 e. The summed E-state index contributed by atoms with van der Waals surface area (Å²) in [6, 6.07) is 0.653. The summed E-state index contributed by atoms with van der Waals surface area (Å²) in [5.74, 6) is 0.702. The van der Waals surface area contributed by atoms with Gasteiger partial charge in [-0.25, -0.2) is 0 Å². The Morgan fingerprint density at radius 2 is 2.15 bits per heavy atom. The second-order valence-corrected chi connectivity index (χ2v) is 3.82. The van der Waals surface area contributed by atoms with Crippen molar-refractivity contribution in [2.45, 2.75) is 31.7 Å². The molecule has 0 aromatic carbocycles. The van der Waals surface area contributed by atoms with E-state index in [1.54, 1.807) is 0 Å². The first-order chi connectivity index (χ1) is 6.47. The van der Waals surface area contributed by atoms with Crippen LogP contribution in [0, 0.1) is 5.92 Å². The van der Waals surface area contributed by atoms with Gasteiger partial charge in [0.25, 0.3) is 0 Å². The fraction of sp³-hybridized carbons (Fsp3) is 0.500. The molecule has 0 fully saturated rings. The van der Waals surface area contributed by atoms with Crippen LogP contribution >= 0.6 is 0 Å². The van der Waals surface area contributed by atoms with Crippen LogP contribution in [0.5, 0.6) is 0 Å². The molecule has 2 aliphatic rings. The van der Waals surface area contributed by atoms with Gasteiger partial charge in [-0.1, -0.05) is 30.4 Å². The molecular formula is C12H17N. The molecule has 1 nitrogen and oxygen atoms in total. The smallest absolute Gasteiger partial charge is 0.0321 e. The molecule has 0 aromatic heterocycles. The van der Waals surface area contributed by atoms with Crippen molar-refractivity contribution in [1.29, 1.82) is 0 Å². The Balaban J connectivity index is 1.95. The molecule has 2 unspecified atom stereocenters. The van der Waals surface area contributed by atoms with E-state index < -0.39 is 0 Å². The predicted octanol–water partition coefficient (Wildman–Crippen LogP) is 2.77. The van der Waals surface area contributed by atoms with E-state index in [4.69, 9.17) is 0 Å². The molecule has 2 atom stereocenters. The van der Waals surface area contributed by atoms with Crippen LogP contribution in [-0.2, 0) is 0 Å². The third-order valence-electron chi connectivity index (χ3n) is 2.84. The van der Waals surface area contributed by atoms with Crippen molar-refractivity contribution < 1.29 is 0 Å². The second-order valence-electron chi connectivity index (χ2n) is 3.82. The van der Waals surface area contributed by atoms with Crippen molar-refractivity contribution in [1.82, 2.24) is 5.32 Å². The van der Waals surface area contributed by atoms with Gasteiger partial charge >= 0.3 is 0 Å². The monoisotopic (exact) mass is 175 g/mol. The topological polar surface area (TPSA) is 12.0 Å². The predicted molar refractivity (Wildman–Crippen MR) is 56.3 cm³/mol. The summed E-state index contributed by atoms with van der Waals surface area (Å²) in [6.07, 6.45) is 18.3. The van der Waals surface area contributed by atoms with Crippen molar-refractivity contribution in [2.75, 3.05) is 0 Å². The maximum Gasteiger partial charge on any atom is 0.0321 e. The molecule has 70 valence electrons. The van der Waals surface area contributed by atoms with Crippen LogP contribution in [-0.4, -0.2) is 6.04 Å². The molecule has 0 radical (unpaired) electrons. The maximum absolute atomic E-state index is 3.49. The fourth-order valence-corrected chi connectivity index (χ4v) is 2.05. The van der Waals surface area contributed by atoms with E-state index in [0.29, 0.717) is 12.0 Å². The van der Waals surface area contributed by atoms with E-state index in [-0.39, 0.29) is 0 Å². The van der Waals surface area contributed by atoms with Gasteiger partial charge in [-0.05, 0) is 31.9 Å². The Morgan fingerprint density at radius 1 is 1.15 bits per heavy atom. The minimum atomic E-state index is 0.653. The van der Waals surface area contributed by atoms with E-state index in [0.717, 1.165) is 0 Å². The number of nitrogens with one attached hydrogen (secondary N) is 1. The average Bonchev–Trinajstić information content (AvgIpc) is 2.47. The van der Waals surface area contributed by atoms with Crippen LogP contribution in [0.2, 0.25) is 0 Å². The molecule has 13 heavy (non-hydrogen) atoms. The summed E-state index contributed by atoms with van der Waals surface area (Å²) in [6.45, 7) is 0. The third kappa shape index (κ3) is 2.24. The molecular weight excluding hydrogens is 158 g/mol. The highest BCUT2D eigenvalue weighted by atomic mass is 14.9. The van der Waals surface area contributed by atoms with E-state index in [9.17, 15) is 0 Å². The summed E-state index contributed by atoms with van der Waals surface area (Å²) in [5.41, 5.74) is 0. The second kappa shape index (κ2) is 4.31. The van der Waals surface area contributed by atoms with Crippen molar-refractivity contribution in [3.05, 3.63) is 36.6 Å². The zero-order valence-electron chi connectivity index (χ0n) is 7.95. The SMILES string of the molecule is C1=CCC(C2CCCC=CN2)C=C1. The first-order valence-electron chi connectivity index (χ1n) is 5.21. The number of hydrogen-bond donors (Lipinski definition) is 1. The molecule has 1 heterocycles. The Morgan fingerprint density at radius 3 is 3.00 bits per heavy atom. The molecule has 0 spiro atoms. The van der Waals surface area contributed by atoms with Gasteiger partial charge in [0.1, 0.15) is 0 Å². The zero-order valence-corrected chi connectivity index (χ0v) is 7.95. The lowest BCUT2D eigenvalue weighted by Gasteiger charge is -2.24. The third-order valence-corrected chi connectivity index (χ3v) is 2.84.